The molecule has 3 heterocycles. The third kappa shape index (κ3) is 6.33. The predicted octanol–water partition coefficient (Wildman–Crippen LogP) is 5.36. The van der Waals surface area contributed by atoms with Gasteiger partial charge in [0.1, 0.15) is 11.3 Å². The maximum Gasteiger partial charge on any atom is 0.410 e. The van der Waals surface area contributed by atoms with Crippen molar-refractivity contribution in [3.05, 3.63) is 47.2 Å². The number of halogens is 1. The van der Waals surface area contributed by atoms with Gasteiger partial charge in [-0.15, -0.1) is 0 Å². The van der Waals surface area contributed by atoms with Gasteiger partial charge >= 0.3 is 6.09 Å². The van der Waals surface area contributed by atoms with Crippen LogP contribution in [0.1, 0.15) is 45.2 Å². The first-order valence-electron chi connectivity index (χ1n) is 12.1. The standard InChI is InChI=1S/C26H33ClN6O3/c1-26(2,3)36-25(34)33-14-10-18(11-15-33)23-21(20-9-12-28-24(30-20)29-13-16-35-4)22(31-32-23)17-5-7-19(27)8-6-17/h5-9,12,18H,10-11,13-16H2,1-4H3,(H,31,32)(H,28,29,30). The molecule has 0 bridgehead atoms. The van der Waals surface area contributed by atoms with E-state index in [4.69, 9.17) is 31.2 Å². The van der Waals surface area contributed by atoms with Crippen LogP contribution in [0.15, 0.2) is 36.5 Å². The van der Waals surface area contributed by atoms with E-state index < -0.39 is 5.60 Å². The highest BCUT2D eigenvalue weighted by Crippen LogP contribution is 2.39. The molecule has 0 spiro atoms. The van der Waals surface area contributed by atoms with Gasteiger partial charge in [0, 0.05) is 60.7 Å². The Hall–Kier alpha value is -3.17. The van der Waals surface area contributed by atoms with E-state index in [0.717, 1.165) is 41.1 Å². The zero-order valence-corrected chi connectivity index (χ0v) is 21.9. The van der Waals surface area contributed by atoms with Gasteiger partial charge in [0.2, 0.25) is 5.95 Å². The van der Waals surface area contributed by atoms with Crippen molar-refractivity contribution in [2.75, 3.05) is 38.7 Å². The Balaban J connectivity index is 1.63. The molecule has 1 amide bonds. The van der Waals surface area contributed by atoms with E-state index in [1.54, 1.807) is 18.2 Å². The number of ether oxygens (including phenoxy) is 2. The number of aromatic amines is 1. The first-order chi connectivity index (χ1) is 17.2. The fourth-order valence-electron chi connectivity index (χ4n) is 4.25. The molecule has 0 saturated carbocycles. The largest absolute Gasteiger partial charge is 0.444 e. The summed E-state index contributed by atoms with van der Waals surface area (Å²) >= 11 is 6.13. The molecule has 0 unspecified atom stereocenters. The van der Waals surface area contributed by atoms with Gasteiger partial charge in [0.25, 0.3) is 0 Å². The normalized spacial score (nSPS) is 14.6. The number of likely N-dealkylation sites (tertiary alicyclic amines) is 1. The summed E-state index contributed by atoms with van der Waals surface area (Å²) in [5.41, 5.74) is 3.94. The minimum atomic E-state index is -0.514. The fraction of sp³-hybridized carbons (Fsp3) is 0.462. The lowest BCUT2D eigenvalue weighted by atomic mass is 9.89. The van der Waals surface area contributed by atoms with Crippen LogP contribution in [0.4, 0.5) is 10.7 Å². The van der Waals surface area contributed by atoms with E-state index in [9.17, 15) is 4.79 Å². The molecule has 1 fully saturated rings. The smallest absolute Gasteiger partial charge is 0.410 e. The van der Waals surface area contributed by atoms with E-state index in [-0.39, 0.29) is 12.0 Å². The molecule has 0 aliphatic carbocycles. The quantitative estimate of drug-likeness (QED) is 0.410. The van der Waals surface area contributed by atoms with Crippen molar-refractivity contribution in [2.24, 2.45) is 0 Å². The number of rotatable bonds is 7. The topological polar surface area (TPSA) is 105 Å². The third-order valence-corrected chi connectivity index (χ3v) is 6.22. The van der Waals surface area contributed by atoms with Crippen LogP contribution in [-0.4, -0.2) is 70.1 Å². The maximum atomic E-state index is 12.5. The SMILES string of the molecule is COCCNc1nccc(-c2c(-c3ccc(Cl)cc3)n[nH]c2C2CCN(C(=O)OC(C)(C)C)CC2)n1. The fourth-order valence-corrected chi connectivity index (χ4v) is 4.38. The highest BCUT2D eigenvalue weighted by molar-refractivity contribution is 6.30. The molecule has 0 atom stereocenters. The Morgan fingerprint density at radius 3 is 2.58 bits per heavy atom. The number of nitrogens with one attached hydrogen (secondary N) is 2. The molecule has 4 rings (SSSR count). The molecular weight excluding hydrogens is 480 g/mol. The van der Waals surface area contributed by atoms with E-state index in [1.165, 1.54) is 0 Å². The molecular formula is C26H33ClN6O3. The molecule has 1 aliphatic heterocycles. The Bertz CT molecular complexity index is 1170. The summed E-state index contributed by atoms with van der Waals surface area (Å²) in [6.45, 7) is 8.03. The summed E-state index contributed by atoms with van der Waals surface area (Å²) in [5, 5.41) is 11.9. The number of benzene rings is 1. The molecule has 192 valence electrons. The van der Waals surface area contributed by atoms with Gasteiger partial charge in [-0.3, -0.25) is 5.10 Å². The van der Waals surface area contributed by atoms with Gasteiger partial charge in [-0.2, -0.15) is 5.10 Å². The number of aromatic nitrogens is 4. The van der Waals surface area contributed by atoms with E-state index in [2.05, 4.69) is 15.4 Å². The second kappa shape index (κ2) is 11.3. The molecule has 1 saturated heterocycles. The summed E-state index contributed by atoms with van der Waals surface area (Å²) in [6.07, 6.45) is 3.05. The van der Waals surface area contributed by atoms with Crippen molar-refractivity contribution in [2.45, 2.75) is 45.1 Å². The minimum Gasteiger partial charge on any atom is -0.444 e. The second-order valence-electron chi connectivity index (χ2n) is 9.79. The van der Waals surface area contributed by atoms with Crippen molar-refractivity contribution in [1.29, 1.82) is 0 Å². The van der Waals surface area contributed by atoms with E-state index in [1.807, 2.05) is 51.1 Å². The number of hydrogen-bond donors (Lipinski definition) is 2. The number of carbonyl (C=O) groups excluding carboxylic acids is 1. The van der Waals surface area contributed by atoms with Crippen LogP contribution in [0, 0.1) is 0 Å². The summed E-state index contributed by atoms with van der Waals surface area (Å²) in [5.74, 6) is 0.714. The summed E-state index contributed by atoms with van der Waals surface area (Å²) in [7, 11) is 1.66. The van der Waals surface area contributed by atoms with Crippen molar-refractivity contribution in [3.8, 4) is 22.5 Å². The molecule has 9 nitrogen and oxygen atoms in total. The second-order valence-corrected chi connectivity index (χ2v) is 10.2. The first kappa shape index (κ1) is 25.9. The highest BCUT2D eigenvalue weighted by Gasteiger charge is 2.31. The third-order valence-electron chi connectivity index (χ3n) is 5.97. The van der Waals surface area contributed by atoms with Gasteiger partial charge in [0.05, 0.1) is 12.3 Å². The van der Waals surface area contributed by atoms with Crippen LogP contribution < -0.4 is 5.32 Å². The van der Waals surface area contributed by atoms with E-state index in [0.29, 0.717) is 37.2 Å². The summed E-state index contributed by atoms with van der Waals surface area (Å²) < 4.78 is 10.7. The minimum absolute atomic E-state index is 0.187. The Morgan fingerprint density at radius 2 is 1.92 bits per heavy atom. The average molecular weight is 513 g/mol. The average Bonchev–Trinajstić information content (AvgIpc) is 3.29. The van der Waals surface area contributed by atoms with Crippen molar-refractivity contribution in [1.82, 2.24) is 25.1 Å². The van der Waals surface area contributed by atoms with Crippen LogP contribution in [0.3, 0.4) is 0 Å². The molecule has 36 heavy (non-hydrogen) atoms. The van der Waals surface area contributed by atoms with Crippen LogP contribution in [0.25, 0.3) is 22.5 Å². The van der Waals surface area contributed by atoms with Gasteiger partial charge in [-0.25, -0.2) is 14.8 Å². The molecule has 1 aliphatic rings. The number of methoxy groups -OCH3 is 1. The van der Waals surface area contributed by atoms with Crippen LogP contribution in [-0.2, 0) is 9.47 Å². The van der Waals surface area contributed by atoms with Gasteiger partial charge in [-0.1, -0.05) is 23.7 Å². The van der Waals surface area contributed by atoms with Crippen molar-refractivity contribution in [3.63, 3.8) is 0 Å². The monoisotopic (exact) mass is 512 g/mol. The molecule has 2 N–H and O–H groups in total. The predicted molar refractivity (Wildman–Crippen MR) is 140 cm³/mol. The van der Waals surface area contributed by atoms with Crippen LogP contribution in [0.5, 0.6) is 0 Å². The van der Waals surface area contributed by atoms with Crippen LogP contribution >= 0.6 is 11.6 Å². The van der Waals surface area contributed by atoms with Gasteiger partial charge < -0.3 is 19.7 Å². The number of H-pyrrole nitrogens is 1. The summed E-state index contributed by atoms with van der Waals surface area (Å²) in [6, 6.07) is 9.51. The van der Waals surface area contributed by atoms with Crippen LogP contribution in [0.2, 0.25) is 5.02 Å². The zero-order valence-electron chi connectivity index (χ0n) is 21.2. The molecule has 0 radical (unpaired) electrons. The molecule has 1 aromatic carbocycles. The van der Waals surface area contributed by atoms with Gasteiger partial charge in [-0.05, 0) is 51.8 Å². The van der Waals surface area contributed by atoms with Gasteiger partial charge in [0.15, 0.2) is 0 Å². The lowest BCUT2D eigenvalue weighted by Gasteiger charge is -2.33. The lowest BCUT2D eigenvalue weighted by Crippen LogP contribution is -2.41. The summed E-state index contributed by atoms with van der Waals surface area (Å²) in [4.78, 5) is 23.5. The Morgan fingerprint density at radius 1 is 1.19 bits per heavy atom. The first-order valence-corrected chi connectivity index (χ1v) is 12.5. The van der Waals surface area contributed by atoms with E-state index >= 15 is 0 Å². The van der Waals surface area contributed by atoms with Crippen molar-refractivity contribution < 1.29 is 14.3 Å². The molecule has 3 aromatic rings. The maximum absolute atomic E-state index is 12.5. The lowest BCUT2D eigenvalue weighted by molar-refractivity contribution is 0.0204. The molecule has 2 aromatic heterocycles. The Kier molecular flexibility index (Phi) is 8.11. The number of carbonyl (C=O) groups is 1. The number of piperidine rings is 1. The van der Waals surface area contributed by atoms with Crippen molar-refractivity contribution >= 4 is 23.6 Å². The number of anilines is 1. The number of hydrogen-bond acceptors (Lipinski definition) is 7. The highest BCUT2D eigenvalue weighted by atomic mass is 35.5. The number of nitrogens with zero attached hydrogens (tertiary/aromatic N) is 4. The zero-order chi connectivity index (χ0) is 25.7. The Labute approximate surface area is 216 Å². The molecule has 10 heteroatoms. The number of amides is 1.